The third-order valence-corrected chi connectivity index (χ3v) is 3.37. The minimum absolute atomic E-state index is 0.509. The van der Waals surface area contributed by atoms with Crippen molar-refractivity contribution >= 4 is 21.8 Å². The number of aromatic amines is 1. The van der Waals surface area contributed by atoms with Crippen molar-refractivity contribution in [2.24, 2.45) is 7.05 Å². The van der Waals surface area contributed by atoms with Crippen molar-refractivity contribution in [3.8, 4) is 11.5 Å². The molecular weight excluding hydrogens is 240 g/mol. The molecule has 6 heteroatoms. The lowest BCUT2D eigenvalue weighted by Gasteiger charge is -1.97. The molecule has 0 spiro atoms. The number of tetrazole rings is 1. The molecule has 0 bridgehead atoms. The minimum atomic E-state index is 0.509. The summed E-state index contributed by atoms with van der Waals surface area (Å²) in [6.45, 7) is 0. The molecule has 6 nitrogen and oxygen atoms in total. The zero-order valence-corrected chi connectivity index (χ0v) is 10.2. The van der Waals surface area contributed by atoms with Gasteiger partial charge >= 0.3 is 0 Å². The number of hydrogen-bond acceptors (Lipinski definition) is 4. The van der Waals surface area contributed by atoms with Crippen molar-refractivity contribution < 1.29 is 0 Å². The smallest absolute Gasteiger partial charge is 0.222 e. The molecule has 0 saturated carbocycles. The van der Waals surface area contributed by atoms with Crippen molar-refractivity contribution in [2.45, 2.75) is 0 Å². The van der Waals surface area contributed by atoms with Crippen molar-refractivity contribution in [3.63, 3.8) is 0 Å². The maximum absolute atomic E-state index is 4.40. The molecule has 3 heterocycles. The second kappa shape index (κ2) is 3.61. The Kier molecular flexibility index (Phi) is 1.94. The van der Waals surface area contributed by atoms with Crippen LogP contribution >= 0.6 is 0 Å². The predicted molar refractivity (Wildman–Crippen MR) is 71.4 cm³/mol. The molecule has 0 saturated heterocycles. The predicted octanol–water partition coefficient (Wildman–Crippen LogP) is 1.91. The van der Waals surface area contributed by atoms with E-state index in [2.05, 4.69) is 42.3 Å². The van der Waals surface area contributed by atoms with E-state index in [0.717, 1.165) is 16.6 Å². The Morgan fingerprint density at radius 2 is 2.00 bits per heavy atom. The molecule has 4 rings (SSSR count). The van der Waals surface area contributed by atoms with Crippen LogP contribution in [0, 0.1) is 0 Å². The third kappa shape index (κ3) is 1.36. The van der Waals surface area contributed by atoms with Crippen LogP contribution in [-0.4, -0.2) is 30.2 Å². The Bertz CT molecular complexity index is 875. The van der Waals surface area contributed by atoms with Crippen LogP contribution < -0.4 is 0 Å². The topological polar surface area (TPSA) is 72.3 Å². The van der Waals surface area contributed by atoms with Crippen LogP contribution in [0.15, 0.2) is 36.5 Å². The van der Waals surface area contributed by atoms with E-state index < -0.39 is 0 Å². The van der Waals surface area contributed by atoms with E-state index in [1.165, 1.54) is 10.9 Å². The Balaban J connectivity index is 2.11. The second-order valence-electron chi connectivity index (χ2n) is 4.40. The van der Waals surface area contributed by atoms with Gasteiger partial charge in [-0.15, -0.1) is 10.2 Å². The summed E-state index contributed by atoms with van der Waals surface area (Å²) in [4.78, 5) is 4.40. The largest absolute Gasteiger partial charge is 0.342 e. The third-order valence-electron chi connectivity index (χ3n) is 3.37. The number of H-pyrrole nitrogens is 1. The summed E-state index contributed by atoms with van der Waals surface area (Å²) in [7, 11) is 2.04. The Morgan fingerprint density at radius 3 is 2.84 bits per heavy atom. The molecular formula is C13H10N6. The molecule has 0 fully saturated rings. The summed E-state index contributed by atoms with van der Waals surface area (Å²) in [5.41, 5.74) is 3.00. The lowest BCUT2D eigenvalue weighted by atomic mass is 10.1. The van der Waals surface area contributed by atoms with E-state index in [4.69, 9.17) is 0 Å². The minimum Gasteiger partial charge on any atom is -0.342 e. The lowest BCUT2D eigenvalue weighted by Crippen LogP contribution is -1.89. The summed E-state index contributed by atoms with van der Waals surface area (Å²) < 4.78 is 2.14. The van der Waals surface area contributed by atoms with Gasteiger partial charge in [-0.1, -0.05) is 18.2 Å². The average molecular weight is 250 g/mol. The number of nitrogens with zero attached hydrogens (tertiary/aromatic N) is 5. The summed E-state index contributed by atoms with van der Waals surface area (Å²) in [5.74, 6) is 0.509. The number of para-hydroxylation sites is 1. The van der Waals surface area contributed by atoms with Gasteiger partial charge in [0.25, 0.3) is 0 Å². The molecule has 1 N–H and O–H groups in total. The fourth-order valence-corrected chi connectivity index (χ4v) is 2.45. The number of pyridine rings is 1. The first-order chi connectivity index (χ1) is 9.34. The zero-order chi connectivity index (χ0) is 12.8. The Hall–Kier alpha value is -2.76. The van der Waals surface area contributed by atoms with Gasteiger partial charge in [-0.3, -0.25) is 4.98 Å². The first-order valence-electron chi connectivity index (χ1n) is 5.91. The highest BCUT2D eigenvalue weighted by Gasteiger charge is 2.11. The molecule has 0 radical (unpaired) electrons. The first kappa shape index (κ1) is 10.2. The summed E-state index contributed by atoms with van der Waals surface area (Å²) in [5, 5.41) is 16.3. The van der Waals surface area contributed by atoms with Crippen molar-refractivity contribution in [2.75, 3.05) is 0 Å². The van der Waals surface area contributed by atoms with Crippen molar-refractivity contribution in [1.29, 1.82) is 0 Å². The number of benzene rings is 1. The van der Waals surface area contributed by atoms with E-state index in [1.54, 1.807) is 0 Å². The molecule has 0 aliphatic heterocycles. The molecule has 0 unspecified atom stereocenters. The number of aromatic nitrogens is 6. The van der Waals surface area contributed by atoms with Crippen LogP contribution in [0.2, 0.25) is 0 Å². The Labute approximate surface area is 108 Å². The lowest BCUT2D eigenvalue weighted by molar-refractivity contribution is 0.881. The van der Waals surface area contributed by atoms with Crippen LogP contribution in [0.25, 0.3) is 33.3 Å². The fourth-order valence-electron chi connectivity index (χ4n) is 2.45. The van der Waals surface area contributed by atoms with Gasteiger partial charge in [-0.2, -0.15) is 5.21 Å². The van der Waals surface area contributed by atoms with Crippen molar-refractivity contribution in [3.05, 3.63) is 36.5 Å². The molecule has 0 aliphatic rings. The maximum atomic E-state index is 4.40. The molecule has 19 heavy (non-hydrogen) atoms. The summed E-state index contributed by atoms with van der Waals surface area (Å²) >= 11 is 0. The van der Waals surface area contributed by atoms with Gasteiger partial charge in [0, 0.05) is 23.3 Å². The van der Waals surface area contributed by atoms with Gasteiger partial charge < -0.3 is 4.57 Å². The van der Waals surface area contributed by atoms with Gasteiger partial charge in [-0.25, -0.2) is 0 Å². The number of hydrogen-bond donors (Lipinski definition) is 1. The van der Waals surface area contributed by atoms with E-state index in [0.29, 0.717) is 5.82 Å². The highest BCUT2D eigenvalue weighted by atomic mass is 15.5. The second-order valence-corrected chi connectivity index (χ2v) is 4.40. The van der Waals surface area contributed by atoms with E-state index >= 15 is 0 Å². The van der Waals surface area contributed by atoms with Crippen LogP contribution in [0.4, 0.5) is 0 Å². The van der Waals surface area contributed by atoms with Gasteiger partial charge in [0.2, 0.25) is 5.82 Å². The Morgan fingerprint density at radius 1 is 1.11 bits per heavy atom. The number of fused-ring (bicyclic) bond motifs is 3. The normalized spacial score (nSPS) is 11.4. The molecule has 4 aromatic rings. The quantitative estimate of drug-likeness (QED) is 0.560. The number of nitrogens with one attached hydrogen (secondary N) is 1. The molecule has 0 amide bonds. The highest BCUT2D eigenvalue weighted by molar-refractivity contribution is 6.08. The van der Waals surface area contributed by atoms with E-state index in [9.17, 15) is 0 Å². The highest BCUT2D eigenvalue weighted by Crippen LogP contribution is 2.29. The van der Waals surface area contributed by atoms with Gasteiger partial charge in [-0.05, 0) is 17.3 Å². The molecule has 1 aromatic carbocycles. The SMILES string of the molecule is Cn1c2ccccc2c2cc(-c3nn[nH]n3)ncc21. The monoisotopic (exact) mass is 250 g/mol. The van der Waals surface area contributed by atoms with Crippen LogP contribution in [0.3, 0.4) is 0 Å². The van der Waals surface area contributed by atoms with Crippen molar-refractivity contribution in [1.82, 2.24) is 30.2 Å². The summed E-state index contributed by atoms with van der Waals surface area (Å²) in [6.07, 6.45) is 1.85. The van der Waals surface area contributed by atoms with Crippen LogP contribution in [0.1, 0.15) is 0 Å². The van der Waals surface area contributed by atoms with Crippen LogP contribution in [-0.2, 0) is 7.05 Å². The molecule has 92 valence electrons. The maximum Gasteiger partial charge on any atom is 0.222 e. The van der Waals surface area contributed by atoms with Gasteiger partial charge in [0.05, 0.1) is 11.7 Å². The first-order valence-corrected chi connectivity index (χ1v) is 5.91. The fraction of sp³-hybridized carbons (Fsp3) is 0.0769. The van der Waals surface area contributed by atoms with Gasteiger partial charge in [0.1, 0.15) is 5.69 Å². The molecule has 0 atom stereocenters. The van der Waals surface area contributed by atoms with Gasteiger partial charge in [0.15, 0.2) is 0 Å². The summed E-state index contributed by atoms with van der Waals surface area (Å²) in [6, 6.07) is 10.3. The van der Waals surface area contributed by atoms with E-state index in [-0.39, 0.29) is 0 Å². The molecule has 3 aromatic heterocycles. The number of aryl methyl sites for hydroxylation is 1. The van der Waals surface area contributed by atoms with Crippen LogP contribution in [0.5, 0.6) is 0 Å². The van der Waals surface area contributed by atoms with E-state index in [1.807, 2.05) is 31.4 Å². The standard InChI is InChI=1S/C13H10N6/c1-19-11-5-3-2-4-8(11)9-6-10(14-7-12(9)19)13-15-17-18-16-13/h2-7H,1H3,(H,15,16,17,18). The number of rotatable bonds is 1. The average Bonchev–Trinajstić information content (AvgIpc) is 3.08. The molecule has 0 aliphatic carbocycles. The zero-order valence-electron chi connectivity index (χ0n) is 10.2.